The Kier molecular flexibility index (Phi) is 37.4. The number of carbonyl (C=O) groups is 1. The van der Waals surface area contributed by atoms with Crippen molar-refractivity contribution in [2.75, 3.05) is 145 Å². The van der Waals surface area contributed by atoms with Crippen molar-refractivity contribution in [1.82, 2.24) is 0 Å². The monoisotopic (exact) mass is 626 g/mol. The second-order valence-electron chi connectivity index (χ2n) is 8.84. The van der Waals surface area contributed by atoms with Crippen LogP contribution in [0.2, 0.25) is 0 Å². The Hall–Kier alpha value is -1.39. The van der Waals surface area contributed by atoms with Crippen LogP contribution in [0.25, 0.3) is 0 Å². The summed E-state index contributed by atoms with van der Waals surface area (Å²) in [7, 11) is 0. The lowest BCUT2D eigenvalue weighted by atomic mass is 10.2. The first-order chi connectivity index (χ1) is 21.3. The van der Waals surface area contributed by atoms with E-state index in [1.165, 1.54) is 6.26 Å². The molecule has 0 aliphatic rings. The van der Waals surface area contributed by atoms with E-state index in [-0.39, 0.29) is 12.6 Å². The molecule has 0 aliphatic heterocycles. The van der Waals surface area contributed by atoms with Gasteiger partial charge in [-0.1, -0.05) is 26.3 Å². The molecule has 0 unspecified atom stereocenters. The van der Waals surface area contributed by atoms with Crippen LogP contribution in [0.5, 0.6) is 0 Å². The molecule has 0 rings (SSSR count). The molecule has 0 bridgehead atoms. The molecular formula is C30H58O13. The lowest BCUT2D eigenvalue weighted by molar-refractivity contribution is -0.145. The number of hydrogen-bond acceptors (Lipinski definition) is 13. The number of rotatable bonds is 38. The number of ether oxygens (including phenoxy) is 12. The van der Waals surface area contributed by atoms with Crippen LogP contribution in [0.4, 0.5) is 0 Å². The van der Waals surface area contributed by atoms with Crippen molar-refractivity contribution in [2.24, 2.45) is 0 Å². The van der Waals surface area contributed by atoms with Crippen molar-refractivity contribution in [3.8, 4) is 0 Å². The molecule has 256 valence electrons. The van der Waals surface area contributed by atoms with E-state index in [9.17, 15) is 4.79 Å². The number of hydrogen-bond donors (Lipinski definition) is 0. The molecule has 0 heterocycles. The molecule has 0 saturated heterocycles. The quantitative estimate of drug-likeness (QED) is 0.0566. The summed E-state index contributed by atoms with van der Waals surface area (Å²) < 4.78 is 64.3. The number of unbranched alkanes of at least 4 members (excludes halogenated alkanes) is 2. The van der Waals surface area contributed by atoms with E-state index in [1.54, 1.807) is 0 Å². The maximum atomic E-state index is 11.4. The lowest BCUT2D eigenvalue weighted by Crippen LogP contribution is -2.15. The summed E-state index contributed by atoms with van der Waals surface area (Å²) in [6, 6.07) is 0. The Bertz CT molecular complexity index is 554. The highest BCUT2D eigenvalue weighted by Gasteiger charge is 2.02. The van der Waals surface area contributed by atoms with Gasteiger partial charge in [-0.3, -0.25) is 4.79 Å². The standard InChI is InChI=1S/C30H58O13/c1-3-5-6-7-30(31)43-29-28-42-27-26-41-25-24-40-23-22-39-21-20-38-19-18-37-17-16-36-15-14-35-13-12-34-11-10-33-9-8-32-4-2/h4H,2-3,5-29H2,1H3. The fourth-order valence-electron chi connectivity index (χ4n) is 3.08. The van der Waals surface area contributed by atoms with E-state index < -0.39 is 0 Å². The predicted octanol–water partition coefficient (Wildman–Crippen LogP) is 2.44. The zero-order valence-electron chi connectivity index (χ0n) is 26.5. The zero-order valence-corrected chi connectivity index (χ0v) is 26.5. The summed E-state index contributed by atoms with van der Waals surface area (Å²) in [6.45, 7) is 16.2. The molecule has 0 saturated carbocycles. The van der Waals surface area contributed by atoms with E-state index in [2.05, 4.69) is 13.5 Å². The van der Waals surface area contributed by atoms with Gasteiger partial charge in [-0.25, -0.2) is 0 Å². The molecule has 0 aromatic heterocycles. The van der Waals surface area contributed by atoms with Gasteiger partial charge < -0.3 is 56.8 Å². The van der Waals surface area contributed by atoms with Crippen LogP contribution < -0.4 is 0 Å². The SMILES string of the molecule is C=COCCOCCOCCOCCOCCOCCOCCOCCOCCOCCOCCOC(=O)CCCCC. The molecule has 13 nitrogen and oxygen atoms in total. The van der Waals surface area contributed by atoms with Gasteiger partial charge in [0.15, 0.2) is 0 Å². The Morgan fingerprint density at radius 1 is 0.442 bits per heavy atom. The molecule has 43 heavy (non-hydrogen) atoms. The van der Waals surface area contributed by atoms with Gasteiger partial charge in [-0.2, -0.15) is 0 Å². The van der Waals surface area contributed by atoms with Crippen molar-refractivity contribution in [2.45, 2.75) is 32.6 Å². The molecule has 13 heteroatoms. The Balaban J connectivity index is 3.07. The van der Waals surface area contributed by atoms with Gasteiger partial charge in [0.1, 0.15) is 13.2 Å². The van der Waals surface area contributed by atoms with Crippen molar-refractivity contribution in [3.63, 3.8) is 0 Å². The van der Waals surface area contributed by atoms with Crippen molar-refractivity contribution in [3.05, 3.63) is 12.8 Å². The van der Waals surface area contributed by atoms with Gasteiger partial charge >= 0.3 is 5.97 Å². The van der Waals surface area contributed by atoms with Crippen LogP contribution >= 0.6 is 0 Å². The number of esters is 1. The first-order valence-electron chi connectivity index (χ1n) is 15.5. The molecule has 0 N–H and O–H groups in total. The Labute approximate surface area is 258 Å². The van der Waals surface area contributed by atoms with Gasteiger partial charge in [0, 0.05) is 6.42 Å². The summed E-state index contributed by atoms with van der Waals surface area (Å²) in [5.41, 5.74) is 0. The highest BCUT2D eigenvalue weighted by molar-refractivity contribution is 5.69. The molecule has 0 fully saturated rings. The minimum absolute atomic E-state index is 0.160. The molecule has 0 radical (unpaired) electrons. The van der Waals surface area contributed by atoms with Crippen LogP contribution in [0, 0.1) is 0 Å². The smallest absolute Gasteiger partial charge is 0.305 e. The third-order valence-electron chi connectivity index (χ3n) is 5.29. The topological polar surface area (TPSA) is 128 Å². The van der Waals surface area contributed by atoms with Crippen LogP contribution in [0.1, 0.15) is 32.6 Å². The van der Waals surface area contributed by atoms with E-state index in [0.29, 0.717) is 145 Å². The molecule has 0 aliphatic carbocycles. The van der Waals surface area contributed by atoms with Gasteiger partial charge in [0.2, 0.25) is 0 Å². The van der Waals surface area contributed by atoms with Crippen LogP contribution in [0.15, 0.2) is 12.8 Å². The molecule has 0 amide bonds. The van der Waals surface area contributed by atoms with Crippen LogP contribution in [0.3, 0.4) is 0 Å². The van der Waals surface area contributed by atoms with E-state index in [0.717, 1.165) is 19.3 Å². The van der Waals surface area contributed by atoms with Gasteiger partial charge in [0.05, 0.1) is 138 Å². The molecular weight excluding hydrogens is 568 g/mol. The normalized spacial score (nSPS) is 11.2. The lowest BCUT2D eigenvalue weighted by Gasteiger charge is -2.09. The van der Waals surface area contributed by atoms with E-state index in [1.807, 2.05) is 0 Å². The summed E-state index contributed by atoms with van der Waals surface area (Å²) in [5.74, 6) is -0.160. The van der Waals surface area contributed by atoms with Crippen molar-refractivity contribution in [1.29, 1.82) is 0 Å². The maximum absolute atomic E-state index is 11.4. The van der Waals surface area contributed by atoms with E-state index in [4.69, 9.17) is 56.8 Å². The minimum atomic E-state index is -0.160. The van der Waals surface area contributed by atoms with Crippen LogP contribution in [-0.4, -0.2) is 151 Å². The van der Waals surface area contributed by atoms with Gasteiger partial charge in [-0.05, 0) is 6.42 Å². The fourth-order valence-corrected chi connectivity index (χ4v) is 3.08. The van der Waals surface area contributed by atoms with Crippen molar-refractivity contribution < 1.29 is 61.6 Å². The Morgan fingerprint density at radius 2 is 0.721 bits per heavy atom. The highest BCUT2D eigenvalue weighted by Crippen LogP contribution is 2.00. The van der Waals surface area contributed by atoms with Gasteiger partial charge in [-0.15, -0.1) is 0 Å². The summed E-state index contributed by atoms with van der Waals surface area (Å²) in [6.07, 6.45) is 4.89. The first kappa shape index (κ1) is 41.6. The predicted molar refractivity (Wildman–Crippen MR) is 159 cm³/mol. The molecule has 0 spiro atoms. The number of carbonyl (C=O) groups excluding carboxylic acids is 1. The second-order valence-corrected chi connectivity index (χ2v) is 8.84. The average Bonchev–Trinajstić information content (AvgIpc) is 3.01. The van der Waals surface area contributed by atoms with Crippen molar-refractivity contribution >= 4 is 5.97 Å². The summed E-state index contributed by atoms with van der Waals surface area (Å²) in [5, 5.41) is 0. The molecule has 0 aromatic carbocycles. The summed E-state index contributed by atoms with van der Waals surface area (Å²) >= 11 is 0. The third kappa shape index (κ3) is 38.6. The summed E-state index contributed by atoms with van der Waals surface area (Å²) in [4.78, 5) is 11.4. The average molecular weight is 627 g/mol. The Morgan fingerprint density at radius 3 is 1.00 bits per heavy atom. The highest BCUT2D eigenvalue weighted by atomic mass is 16.6. The molecule has 0 aromatic rings. The molecule has 0 atom stereocenters. The van der Waals surface area contributed by atoms with Crippen LogP contribution in [-0.2, 0) is 61.6 Å². The fraction of sp³-hybridized carbons (Fsp3) is 0.900. The zero-order chi connectivity index (χ0) is 31.2. The van der Waals surface area contributed by atoms with E-state index >= 15 is 0 Å². The maximum Gasteiger partial charge on any atom is 0.305 e. The largest absolute Gasteiger partial charge is 0.499 e. The second kappa shape index (κ2) is 38.6. The van der Waals surface area contributed by atoms with Gasteiger partial charge in [0.25, 0.3) is 0 Å². The first-order valence-corrected chi connectivity index (χ1v) is 15.5. The third-order valence-corrected chi connectivity index (χ3v) is 5.29. The minimum Gasteiger partial charge on any atom is -0.499 e.